The van der Waals surface area contributed by atoms with Crippen molar-refractivity contribution in [3.8, 4) is 0 Å². The number of ether oxygens (including phenoxy) is 8. The molecule has 20 atom stereocenters. The van der Waals surface area contributed by atoms with E-state index in [0.717, 1.165) is 55.1 Å². The summed E-state index contributed by atoms with van der Waals surface area (Å²) in [4.78, 5) is 5.92. The quantitative estimate of drug-likeness (QED) is 0.0256. The normalized spacial score (nSPS) is 36.3. The van der Waals surface area contributed by atoms with Crippen molar-refractivity contribution < 1.29 is 154 Å². The van der Waals surface area contributed by atoms with Gasteiger partial charge in [-0.25, -0.2) is 0 Å². The number of thiocarbonyl (C=S) groups is 2. The third-order valence-electron chi connectivity index (χ3n) is 13.9. The number of hydrogen-bond donors (Lipinski definition) is 15. The van der Waals surface area contributed by atoms with Crippen LogP contribution in [0.4, 0.5) is 0 Å². The maximum atomic E-state index is 10.4. The van der Waals surface area contributed by atoms with Gasteiger partial charge in [-0.3, -0.25) is 18.1 Å². The standard InChI is InChI=1S/C18H33N7S2.2C16H27O9.2Y/c1-6-19-14-25(15-20-7-2)16(3)21-8-11-24(12-9-22-17(4)26)13-10-23-18(5)27;2*1-7-8-4-2-3-5-22-15-13(21)11(19)14(9(6-17)24-15)25-16(23-7)12(20)10(8)18;;/h19-21H,1-3,8-15H2,4-5H3,(H,22,26)(H,23,27);2*7-21H,1-6H2;;/q-2;2*-1;;/t;2*7?,8?,9?,10-,11+,12?,13?,14?,15-,16+;;/m.00../s1. The van der Waals surface area contributed by atoms with E-state index >= 15 is 0 Å². The summed E-state index contributed by atoms with van der Waals surface area (Å²) in [6, 6.07) is 0. The molecule has 0 aromatic carbocycles. The van der Waals surface area contributed by atoms with Crippen molar-refractivity contribution in [1.29, 1.82) is 0 Å². The van der Waals surface area contributed by atoms with E-state index in [2.05, 4.69) is 77.5 Å². The second-order valence-corrected chi connectivity index (χ2v) is 20.7. The van der Waals surface area contributed by atoms with Crippen LogP contribution in [0.1, 0.15) is 52.4 Å². The topological polar surface area (TPSA) is 343 Å². The fourth-order valence-electron chi connectivity index (χ4n) is 9.44. The van der Waals surface area contributed by atoms with Crippen LogP contribution in [0.25, 0.3) is 0 Å². The predicted octanol–water partition coefficient (Wildman–Crippen LogP) is -3.68. The Labute approximate surface area is 526 Å². The Balaban J connectivity index is 0.000000400. The molecular formula is C50H87N7O18S2Y2-4. The molecule has 12 unspecified atom stereocenters. The Bertz CT molecular complexity index is 1660. The van der Waals surface area contributed by atoms with Gasteiger partial charge in [-0.1, -0.05) is 56.1 Å². The minimum absolute atomic E-state index is 0. The number of nitrogens with one attached hydrogen (secondary N) is 5. The third kappa shape index (κ3) is 23.5. The summed E-state index contributed by atoms with van der Waals surface area (Å²) in [5.74, 6) is 0.0898. The predicted molar refractivity (Wildman–Crippen MR) is 286 cm³/mol. The maximum Gasteiger partial charge on any atom is 0.186 e. The minimum Gasteiger partial charge on any atom is -0.552 e. The second-order valence-electron chi connectivity index (χ2n) is 19.5. The Morgan fingerprint density at radius 1 is 0.544 bits per heavy atom. The largest absolute Gasteiger partial charge is 0.552 e. The first-order chi connectivity index (χ1) is 36.8. The molecule has 12 saturated heterocycles. The smallest absolute Gasteiger partial charge is 0.186 e. The first-order valence-corrected chi connectivity index (χ1v) is 27.0. The van der Waals surface area contributed by atoms with Gasteiger partial charge in [0.1, 0.15) is 61.0 Å². The van der Waals surface area contributed by atoms with Crippen molar-refractivity contribution in [1.82, 2.24) is 36.4 Å². The molecule has 25 nitrogen and oxygen atoms in total. The van der Waals surface area contributed by atoms with Crippen LogP contribution in [0.15, 0.2) is 25.6 Å². The molecule has 12 fully saturated rings. The second kappa shape index (κ2) is 39.4. The number of nitrogens with zero attached hydrogens (tertiary/aromatic N) is 2. The summed E-state index contributed by atoms with van der Waals surface area (Å²) in [7, 11) is 0. The molecule has 0 aromatic heterocycles. The molecule has 79 heavy (non-hydrogen) atoms. The van der Waals surface area contributed by atoms with E-state index in [-0.39, 0.29) is 90.5 Å². The van der Waals surface area contributed by atoms with Crippen molar-refractivity contribution in [2.45, 2.75) is 163 Å². The van der Waals surface area contributed by atoms with Gasteiger partial charge in [0.25, 0.3) is 0 Å². The Kier molecular flexibility index (Phi) is 37.2. The molecule has 8 bridgehead atoms. The molecule has 12 heterocycles. The maximum absolute atomic E-state index is 10.4. The molecule has 0 saturated carbocycles. The molecule has 0 aromatic rings. The summed E-state index contributed by atoms with van der Waals surface area (Å²) >= 11 is 10.1. The fourth-order valence-corrected chi connectivity index (χ4v) is 9.64. The minimum atomic E-state index is -1.42. The number of rotatable bonds is 19. The van der Waals surface area contributed by atoms with Crippen LogP contribution in [0.2, 0.25) is 0 Å². The van der Waals surface area contributed by atoms with Crippen LogP contribution in [0.5, 0.6) is 0 Å². The van der Waals surface area contributed by atoms with Crippen molar-refractivity contribution in [2.24, 2.45) is 11.8 Å². The molecule has 0 amide bonds. The Morgan fingerprint density at radius 3 is 1.27 bits per heavy atom. The van der Waals surface area contributed by atoms with Crippen LogP contribution in [0, 0.1) is 38.1 Å². The summed E-state index contributed by atoms with van der Waals surface area (Å²) in [6.45, 7) is 28.4. The van der Waals surface area contributed by atoms with Gasteiger partial charge in [-0.15, -0.1) is 0 Å². The summed E-state index contributed by atoms with van der Waals surface area (Å²) in [5.41, 5.74) is 0. The van der Waals surface area contributed by atoms with Gasteiger partial charge in [-0.2, -0.15) is 0 Å². The Morgan fingerprint density at radius 2 is 0.911 bits per heavy atom. The zero-order valence-corrected chi connectivity index (χ0v) is 52.7. The van der Waals surface area contributed by atoms with Crippen LogP contribution in [0.3, 0.4) is 0 Å². The van der Waals surface area contributed by atoms with Gasteiger partial charge in [0.05, 0.1) is 54.6 Å². The third-order valence-corrected chi connectivity index (χ3v) is 14.2. The van der Waals surface area contributed by atoms with Gasteiger partial charge in [0.2, 0.25) is 0 Å². The molecule has 2 radical (unpaired) electrons. The van der Waals surface area contributed by atoms with E-state index in [1.54, 1.807) is 0 Å². The zero-order valence-electron chi connectivity index (χ0n) is 45.4. The summed E-state index contributed by atoms with van der Waals surface area (Å²) in [6.07, 6.45) is -11.6. The van der Waals surface area contributed by atoms with Gasteiger partial charge in [0.15, 0.2) is 25.2 Å². The van der Waals surface area contributed by atoms with Crippen LogP contribution in [-0.2, 0) is 103 Å². The molecule has 12 aliphatic heterocycles. The van der Waals surface area contributed by atoms with Crippen LogP contribution < -0.4 is 26.6 Å². The average molecular weight is 1320 g/mol. The van der Waals surface area contributed by atoms with E-state index < -0.39 is 124 Å². The van der Waals surface area contributed by atoms with Crippen molar-refractivity contribution in [3.05, 3.63) is 51.8 Å². The zero-order chi connectivity index (χ0) is 56.8. The van der Waals surface area contributed by atoms with Crippen molar-refractivity contribution in [3.63, 3.8) is 0 Å². The molecule has 12 aliphatic rings. The van der Waals surface area contributed by atoms with Gasteiger partial charge in [-0.05, 0) is 51.4 Å². The van der Waals surface area contributed by atoms with Crippen molar-refractivity contribution >= 4 is 34.4 Å². The monoisotopic (exact) mass is 1320 g/mol. The van der Waals surface area contributed by atoms with E-state index in [9.17, 15) is 51.1 Å². The molecular weight excluding hydrogens is 1230 g/mol. The average Bonchev–Trinajstić information content (AvgIpc) is 3.39. The number of hydrogen-bond acceptors (Lipinski definition) is 25. The number of aliphatic hydroxyl groups is 10. The van der Waals surface area contributed by atoms with Crippen LogP contribution in [-0.4, -0.2) is 260 Å². The molecule has 29 heteroatoms. The van der Waals surface area contributed by atoms with Gasteiger partial charge >= 0.3 is 0 Å². The molecule has 0 aliphatic carbocycles. The summed E-state index contributed by atoms with van der Waals surface area (Å²) < 4.78 is 44.3. The molecule has 15 N–H and O–H groups in total. The first-order valence-electron chi connectivity index (χ1n) is 26.1. The summed E-state index contributed by atoms with van der Waals surface area (Å²) in [5, 5.41) is 117. The SMILES string of the molecule is C=[C-]NCN(CN[C-]=C)C(=C)NCCN(CCNC(C)=S)CCNC(C)=S.[CH2-]C1O[C@@H]2OC3C(CO)O[C@H](OCCCCC1[C@H](O)C2O)C(O)[C@H]3O.[CH2-]C1O[C@@H]2OC3C(CO)O[C@H](OCCCCC1[C@H](O)C2O)C(O)[C@H]3O.[Y].[Y]. The molecule has 452 valence electrons. The number of aliphatic hydroxyl groups excluding tert-OH is 10. The first kappa shape index (κ1) is 74.7. The van der Waals surface area contributed by atoms with Crippen LogP contribution >= 0.6 is 24.4 Å². The molecule has 12 rings (SSSR count). The van der Waals surface area contributed by atoms with Gasteiger partial charge < -0.3 is 147 Å². The molecule has 0 spiro atoms. The Hall–Kier alpha value is -0.352. The van der Waals surface area contributed by atoms with E-state index in [4.69, 9.17) is 62.3 Å². The van der Waals surface area contributed by atoms with E-state index in [0.29, 0.717) is 51.9 Å². The van der Waals surface area contributed by atoms with Crippen molar-refractivity contribution in [2.75, 3.05) is 79.0 Å². The van der Waals surface area contributed by atoms with E-state index in [1.807, 2.05) is 18.7 Å². The van der Waals surface area contributed by atoms with Gasteiger partial charge in [0, 0.05) is 118 Å². The fraction of sp³-hybridized carbons (Fsp3) is 0.800. The van der Waals surface area contributed by atoms with E-state index in [1.165, 1.54) is 0 Å².